The zero-order chi connectivity index (χ0) is 13.1. The van der Waals surface area contributed by atoms with E-state index >= 15 is 0 Å². The average Bonchev–Trinajstić information content (AvgIpc) is 2.86. The van der Waals surface area contributed by atoms with Crippen LogP contribution in [0.1, 0.15) is 11.4 Å². The second-order valence-electron chi connectivity index (χ2n) is 4.13. The third-order valence-corrected chi connectivity index (χ3v) is 3.65. The van der Waals surface area contributed by atoms with Gasteiger partial charge in [-0.15, -0.1) is 11.3 Å². The summed E-state index contributed by atoms with van der Waals surface area (Å²) in [7, 11) is 3.65. The molecule has 18 heavy (non-hydrogen) atoms. The SMILES string of the molecule is COCCNc1nc(-c2c(C)nn(C)c2C)cs1. The Morgan fingerprint density at radius 1 is 1.44 bits per heavy atom. The summed E-state index contributed by atoms with van der Waals surface area (Å²) >= 11 is 1.61. The van der Waals surface area contributed by atoms with Crippen LogP contribution in [0.2, 0.25) is 0 Å². The Balaban J connectivity index is 2.19. The van der Waals surface area contributed by atoms with Crippen LogP contribution < -0.4 is 5.32 Å². The van der Waals surface area contributed by atoms with Crippen molar-refractivity contribution in [1.29, 1.82) is 0 Å². The van der Waals surface area contributed by atoms with Crippen molar-refractivity contribution in [3.8, 4) is 11.3 Å². The summed E-state index contributed by atoms with van der Waals surface area (Å²) in [5.41, 5.74) is 4.28. The number of aromatic nitrogens is 3. The van der Waals surface area contributed by atoms with Crippen LogP contribution >= 0.6 is 11.3 Å². The molecule has 0 aliphatic carbocycles. The van der Waals surface area contributed by atoms with Crippen LogP contribution in [0.15, 0.2) is 5.38 Å². The summed E-state index contributed by atoms with van der Waals surface area (Å²) in [6.45, 7) is 5.53. The molecule has 1 N–H and O–H groups in total. The van der Waals surface area contributed by atoms with Gasteiger partial charge in [0.05, 0.1) is 18.0 Å². The van der Waals surface area contributed by atoms with Gasteiger partial charge in [0.25, 0.3) is 0 Å². The Kier molecular flexibility index (Phi) is 3.98. The fourth-order valence-electron chi connectivity index (χ4n) is 1.87. The smallest absolute Gasteiger partial charge is 0.183 e. The molecule has 6 heteroatoms. The lowest BCUT2D eigenvalue weighted by Gasteiger charge is -2.00. The van der Waals surface area contributed by atoms with Gasteiger partial charge in [-0.2, -0.15) is 5.10 Å². The van der Waals surface area contributed by atoms with Gasteiger partial charge >= 0.3 is 0 Å². The molecule has 0 atom stereocenters. The van der Waals surface area contributed by atoms with E-state index in [1.54, 1.807) is 18.4 Å². The Bertz CT molecular complexity index is 532. The number of anilines is 1. The molecule has 2 heterocycles. The summed E-state index contributed by atoms with van der Waals surface area (Å²) in [5, 5.41) is 10.6. The summed E-state index contributed by atoms with van der Waals surface area (Å²) < 4.78 is 6.89. The first-order valence-electron chi connectivity index (χ1n) is 5.82. The van der Waals surface area contributed by atoms with Gasteiger partial charge in [-0.25, -0.2) is 4.98 Å². The molecular formula is C12H18N4OS. The highest BCUT2D eigenvalue weighted by molar-refractivity contribution is 7.14. The van der Waals surface area contributed by atoms with E-state index in [4.69, 9.17) is 4.74 Å². The van der Waals surface area contributed by atoms with Crippen LogP contribution in [0, 0.1) is 13.8 Å². The molecule has 2 aromatic heterocycles. The van der Waals surface area contributed by atoms with Crippen LogP contribution in [-0.2, 0) is 11.8 Å². The Morgan fingerprint density at radius 3 is 2.83 bits per heavy atom. The minimum atomic E-state index is 0.680. The molecule has 0 radical (unpaired) electrons. The zero-order valence-corrected chi connectivity index (χ0v) is 12.0. The predicted molar refractivity (Wildman–Crippen MR) is 74.2 cm³/mol. The standard InChI is InChI=1S/C12H18N4OS/c1-8-11(9(2)16(3)15-8)10-7-18-12(14-10)13-5-6-17-4/h7H,5-6H2,1-4H3,(H,13,14). The molecule has 0 bridgehead atoms. The fraction of sp³-hybridized carbons (Fsp3) is 0.500. The lowest BCUT2D eigenvalue weighted by Crippen LogP contribution is -2.07. The first kappa shape index (κ1) is 13.0. The molecule has 0 fully saturated rings. The van der Waals surface area contributed by atoms with Gasteiger partial charge in [0, 0.05) is 37.3 Å². The molecule has 0 saturated carbocycles. The molecule has 0 saturated heterocycles. The molecular weight excluding hydrogens is 248 g/mol. The predicted octanol–water partition coefficient (Wildman–Crippen LogP) is 2.22. The van der Waals surface area contributed by atoms with E-state index in [-0.39, 0.29) is 0 Å². The second kappa shape index (κ2) is 5.49. The highest BCUT2D eigenvalue weighted by Crippen LogP contribution is 2.29. The van der Waals surface area contributed by atoms with Gasteiger partial charge < -0.3 is 10.1 Å². The number of rotatable bonds is 5. The number of hydrogen-bond acceptors (Lipinski definition) is 5. The fourth-order valence-corrected chi connectivity index (χ4v) is 2.60. The molecule has 0 aliphatic rings. The van der Waals surface area contributed by atoms with E-state index in [9.17, 15) is 0 Å². The molecule has 0 amide bonds. The number of hydrogen-bond donors (Lipinski definition) is 1. The van der Waals surface area contributed by atoms with Gasteiger partial charge in [0.15, 0.2) is 5.13 Å². The second-order valence-corrected chi connectivity index (χ2v) is 4.99. The zero-order valence-electron chi connectivity index (χ0n) is 11.1. The van der Waals surface area contributed by atoms with Crippen molar-refractivity contribution in [3.63, 3.8) is 0 Å². The number of thiazole rings is 1. The maximum absolute atomic E-state index is 5.00. The van der Waals surface area contributed by atoms with E-state index in [1.165, 1.54) is 0 Å². The summed E-state index contributed by atoms with van der Waals surface area (Å²) in [5.74, 6) is 0. The number of nitrogens with zero attached hydrogens (tertiary/aromatic N) is 3. The van der Waals surface area contributed by atoms with Gasteiger partial charge in [0.1, 0.15) is 0 Å². The molecule has 2 rings (SSSR count). The van der Waals surface area contributed by atoms with Crippen molar-refractivity contribution < 1.29 is 4.74 Å². The van der Waals surface area contributed by atoms with E-state index < -0.39 is 0 Å². The molecule has 5 nitrogen and oxygen atoms in total. The molecule has 0 unspecified atom stereocenters. The van der Waals surface area contributed by atoms with Crippen molar-refractivity contribution >= 4 is 16.5 Å². The van der Waals surface area contributed by atoms with Crippen LogP contribution in [0.4, 0.5) is 5.13 Å². The Morgan fingerprint density at radius 2 is 2.22 bits per heavy atom. The largest absolute Gasteiger partial charge is 0.383 e. The van der Waals surface area contributed by atoms with E-state index in [0.29, 0.717) is 6.61 Å². The summed E-state index contributed by atoms with van der Waals surface area (Å²) in [4.78, 5) is 4.59. The first-order valence-corrected chi connectivity index (χ1v) is 6.70. The average molecular weight is 266 g/mol. The van der Waals surface area contributed by atoms with Crippen LogP contribution in [0.5, 0.6) is 0 Å². The summed E-state index contributed by atoms with van der Waals surface area (Å²) in [6.07, 6.45) is 0. The number of methoxy groups -OCH3 is 1. The molecule has 0 spiro atoms. The molecule has 2 aromatic rings. The maximum atomic E-state index is 5.00. The maximum Gasteiger partial charge on any atom is 0.183 e. The Labute approximate surface area is 111 Å². The van der Waals surface area contributed by atoms with Crippen molar-refractivity contribution in [2.75, 3.05) is 25.6 Å². The third-order valence-electron chi connectivity index (χ3n) is 2.85. The first-order chi connectivity index (χ1) is 8.63. The minimum absolute atomic E-state index is 0.680. The number of nitrogens with one attached hydrogen (secondary N) is 1. The van der Waals surface area contributed by atoms with Crippen molar-refractivity contribution in [2.45, 2.75) is 13.8 Å². The van der Waals surface area contributed by atoms with Gasteiger partial charge in [-0.3, -0.25) is 4.68 Å². The highest BCUT2D eigenvalue weighted by Gasteiger charge is 2.14. The van der Waals surface area contributed by atoms with Gasteiger partial charge in [-0.05, 0) is 13.8 Å². The van der Waals surface area contributed by atoms with Crippen molar-refractivity contribution in [3.05, 3.63) is 16.8 Å². The Hall–Kier alpha value is -1.40. The highest BCUT2D eigenvalue weighted by atomic mass is 32.1. The quantitative estimate of drug-likeness (QED) is 0.843. The van der Waals surface area contributed by atoms with Crippen LogP contribution in [0.3, 0.4) is 0 Å². The van der Waals surface area contributed by atoms with Crippen LogP contribution in [-0.4, -0.2) is 35.0 Å². The third kappa shape index (κ3) is 2.54. The van der Waals surface area contributed by atoms with E-state index in [0.717, 1.165) is 34.3 Å². The van der Waals surface area contributed by atoms with E-state index in [1.807, 2.05) is 18.7 Å². The van der Waals surface area contributed by atoms with Gasteiger partial charge in [0.2, 0.25) is 0 Å². The monoisotopic (exact) mass is 266 g/mol. The lowest BCUT2D eigenvalue weighted by molar-refractivity contribution is 0.211. The lowest BCUT2D eigenvalue weighted by atomic mass is 10.1. The minimum Gasteiger partial charge on any atom is -0.383 e. The van der Waals surface area contributed by atoms with Crippen molar-refractivity contribution in [2.24, 2.45) is 7.05 Å². The van der Waals surface area contributed by atoms with Gasteiger partial charge in [-0.1, -0.05) is 0 Å². The molecule has 0 aliphatic heterocycles. The van der Waals surface area contributed by atoms with Crippen LogP contribution in [0.25, 0.3) is 11.3 Å². The molecule has 98 valence electrons. The normalized spacial score (nSPS) is 10.9. The molecule has 0 aromatic carbocycles. The summed E-state index contributed by atoms with van der Waals surface area (Å²) in [6, 6.07) is 0. The number of aryl methyl sites for hydroxylation is 2. The topological polar surface area (TPSA) is 52.0 Å². The number of ether oxygens (including phenoxy) is 1. The van der Waals surface area contributed by atoms with E-state index in [2.05, 4.69) is 27.7 Å². The van der Waals surface area contributed by atoms with Crippen molar-refractivity contribution in [1.82, 2.24) is 14.8 Å².